The first-order valence-corrected chi connectivity index (χ1v) is 12.5. The van der Waals surface area contributed by atoms with E-state index in [0.29, 0.717) is 19.8 Å². The van der Waals surface area contributed by atoms with Gasteiger partial charge in [-0.1, -0.05) is 50.8 Å². The molecule has 36 heavy (non-hydrogen) atoms. The molecule has 0 bridgehead atoms. The van der Waals surface area contributed by atoms with Crippen LogP contribution in [-0.4, -0.2) is 74.2 Å². The largest absolute Gasteiger partial charge is 0.463 e. The van der Waals surface area contributed by atoms with Gasteiger partial charge in [0, 0.05) is 63.5 Å². The second-order valence-electron chi connectivity index (χ2n) is 8.13. The molecule has 1 fully saturated rings. The number of anilines is 3. The maximum absolute atomic E-state index is 11.6. The van der Waals surface area contributed by atoms with Gasteiger partial charge in [-0.3, -0.25) is 14.5 Å². The molecule has 2 aromatic rings. The van der Waals surface area contributed by atoms with E-state index < -0.39 is 0 Å². The molecule has 0 spiro atoms. The highest BCUT2D eigenvalue weighted by Gasteiger charge is 2.20. The molecule has 2 aromatic carbocycles. The molecule has 1 saturated heterocycles. The summed E-state index contributed by atoms with van der Waals surface area (Å²) in [5, 5.41) is 6.34. The number of benzene rings is 2. The third kappa shape index (κ3) is 9.36. The van der Waals surface area contributed by atoms with Crippen molar-refractivity contribution in [3.05, 3.63) is 60.7 Å². The quantitative estimate of drug-likeness (QED) is 0.348. The summed E-state index contributed by atoms with van der Waals surface area (Å²) in [4.78, 5) is 27.0. The van der Waals surface area contributed by atoms with Crippen LogP contribution >= 0.6 is 0 Å². The van der Waals surface area contributed by atoms with E-state index in [1.54, 1.807) is 0 Å². The molecular formula is C28H40N4O4. The predicted molar refractivity (Wildman–Crippen MR) is 146 cm³/mol. The van der Waals surface area contributed by atoms with Crippen molar-refractivity contribution < 1.29 is 19.1 Å². The van der Waals surface area contributed by atoms with Gasteiger partial charge in [-0.05, 0) is 18.2 Å². The van der Waals surface area contributed by atoms with Gasteiger partial charge >= 0.3 is 5.97 Å². The van der Waals surface area contributed by atoms with Crippen LogP contribution in [0, 0.1) is 0 Å². The number of piperazine rings is 1. The first-order chi connectivity index (χ1) is 17.4. The Hall–Kier alpha value is -3.36. The van der Waals surface area contributed by atoms with Gasteiger partial charge < -0.3 is 25.0 Å². The van der Waals surface area contributed by atoms with Crippen LogP contribution in [0.15, 0.2) is 55.1 Å². The van der Waals surface area contributed by atoms with Gasteiger partial charge in [0.05, 0.1) is 24.6 Å². The van der Waals surface area contributed by atoms with Crippen LogP contribution in [0.5, 0.6) is 0 Å². The van der Waals surface area contributed by atoms with Crippen molar-refractivity contribution >= 4 is 34.6 Å². The minimum absolute atomic E-state index is 0.111. The van der Waals surface area contributed by atoms with E-state index in [4.69, 9.17) is 9.47 Å². The monoisotopic (exact) mass is 496 g/mol. The summed E-state index contributed by atoms with van der Waals surface area (Å²) in [6, 6.07) is 15.7. The highest BCUT2D eigenvalue weighted by Crippen LogP contribution is 2.31. The number of carbonyl (C=O) groups excluding carboxylic acids is 2. The number of nitrogens with zero attached hydrogens (tertiary/aromatic N) is 2. The van der Waals surface area contributed by atoms with Crippen molar-refractivity contribution in [2.45, 2.75) is 27.7 Å². The number of hydrogen-bond donors (Lipinski definition) is 2. The number of ether oxygens (including phenoxy) is 2. The summed E-state index contributed by atoms with van der Waals surface area (Å²) in [6.45, 7) is 17.1. The summed E-state index contributed by atoms with van der Waals surface area (Å²) in [5.74, 6) is -0.395. The number of carbonyl (C=O) groups is 2. The molecule has 0 aromatic heterocycles. The molecule has 0 saturated carbocycles. The minimum Gasteiger partial charge on any atom is -0.463 e. The predicted octanol–water partition coefficient (Wildman–Crippen LogP) is 4.58. The number of rotatable bonds is 11. The second-order valence-corrected chi connectivity index (χ2v) is 8.13. The van der Waals surface area contributed by atoms with E-state index in [2.05, 4.69) is 33.1 Å². The van der Waals surface area contributed by atoms with Crippen LogP contribution in [0.2, 0.25) is 0 Å². The molecular weight excluding hydrogens is 456 g/mol. The topological polar surface area (TPSA) is 83.1 Å². The van der Waals surface area contributed by atoms with Gasteiger partial charge in [0.1, 0.15) is 6.61 Å². The molecule has 0 radical (unpaired) electrons. The summed E-state index contributed by atoms with van der Waals surface area (Å²) in [6.07, 6.45) is 0. The zero-order valence-corrected chi connectivity index (χ0v) is 22.0. The normalized spacial score (nSPS) is 13.3. The Morgan fingerprint density at radius 2 is 1.47 bits per heavy atom. The highest BCUT2D eigenvalue weighted by molar-refractivity contribution is 5.94. The molecule has 8 nitrogen and oxygen atoms in total. The van der Waals surface area contributed by atoms with Crippen LogP contribution in [0.25, 0.3) is 5.70 Å². The molecule has 1 amide bonds. The van der Waals surface area contributed by atoms with Crippen LogP contribution in [0.1, 0.15) is 33.3 Å². The molecule has 0 atom stereocenters. The fourth-order valence-electron chi connectivity index (χ4n) is 3.83. The molecule has 1 aliphatic heterocycles. The fourth-order valence-corrected chi connectivity index (χ4v) is 3.83. The average molecular weight is 497 g/mol. The first-order valence-electron chi connectivity index (χ1n) is 12.5. The standard InChI is InChI=1S/C26H34N4O4.C2H6/c1-20(30-14-12-29(13-15-30)16-17-33-18-19-34-22(3)32)23-8-4-5-9-24(23)28-26-11-7-6-10-25(26)27-21(2)31;1-2/h4-11,28H,1,12-19H2,2-3H3,(H,27,31);1-2H3. The number of esters is 1. The Labute approximate surface area is 215 Å². The van der Waals surface area contributed by atoms with E-state index in [-0.39, 0.29) is 11.9 Å². The lowest BCUT2D eigenvalue weighted by molar-refractivity contribution is -0.142. The zero-order chi connectivity index (χ0) is 26.3. The molecule has 8 heteroatoms. The fraction of sp³-hybridized carbons (Fsp3) is 0.429. The van der Waals surface area contributed by atoms with Crippen molar-refractivity contribution in [1.29, 1.82) is 0 Å². The Bertz CT molecular complexity index is 987. The number of amides is 1. The number of para-hydroxylation sites is 3. The molecule has 3 rings (SSSR count). The average Bonchev–Trinajstić information content (AvgIpc) is 2.88. The van der Waals surface area contributed by atoms with E-state index in [1.807, 2.05) is 56.3 Å². The maximum atomic E-state index is 11.6. The summed E-state index contributed by atoms with van der Waals surface area (Å²) in [7, 11) is 0. The summed E-state index contributed by atoms with van der Waals surface area (Å²) in [5.41, 5.74) is 4.50. The SMILES string of the molecule is C=C(c1ccccc1Nc1ccccc1NC(C)=O)N1CCN(CCOCCOC(C)=O)CC1.CC. The lowest BCUT2D eigenvalue weighted by atomic mass is 10.1. The smallest absolute Gasteiger partial charge is 0.302 e. The summed E-state index contributed by atoms with van der Waals surface area (Å²) >= 11 is 0. The highest BCUT2D eigenvalue weighted by atomic mass is 16.6. The van der Waals surface area contributed by atoms with Crippen molar-refractivity contribution in [2.75, 3.05) is 63.2 Å². The molecule has 0 unspecified atom stereocenters. The van der Waals surface area contributed by atoms with Gasteiger partial charge in [0.2, 0.25) is 5.91 Å². The number of hydrogen-bond acceptors (Lipinski definition) is 7. The van der Waals surface area contributed by atoms with Gasteiger partial charge in [0.25, 0.3) is 0 Å². The maximum Gasteiger partial charge on any atom is 0.302 e. The van der Waals surface area contributed by atoms with E-state index in [0.717, 1.165) is 61.0 Å². The summed E-state index contributed by atoms with van der Waals surface area (Å²) < 4.78 is 10.4. The van der Waals surface area contributed by atoms with Crippen molar-refractivity contribution in [3.8, 4) is 0 Å². The zero-order valence-electron chi connectivity index (χ0n) is 22.0. The Morgan fingerprint density at radius 1 is 0.861 bits per heavy atom. The van der Waals surface area contributed by atoms with Crippen LogP contribution in [-0.2, 0) is 19.1 Å². The molecule has 0 aliphatic carbocycles. The van der Waals surface area contributed by atoms with E-state index in [1.165, 1.54) is 13.8 Å². The van der Waals surface area contributed by atoms with Crippen molar-refractivity contribution in [2.24, 2.45) is 0 Å². The Kier molecular flexibility index (Phi) is 12.5. The van der Waals surface area contributed by atoms with E-state index in [9.17, 15) is 9.59 Å². The van der Waals surface area contributed by atoms with Crippen LogP contribution in [0.3, 0.4) is 0 Å². The lowest BCUT2D eigenvalue weighted by Gasteiger charge is -2.37. The van der Waals surface area contributed by atoms with Gasteiger partial charge in [-0.25, -0.2) is 0 Å². The van der Waals surface area contributed by atoms with Gasteiger partial charge in [-0.15, -0.1) is 0 Å². The van der Waals surface area contributed by atoms with Gasteiger partial charge in [-0.2, -0.15) is 0 Å². The van der Waals surface area contributed by atoms with Crippen LogP contribution < -0.4 is 10.6 Å². The number of nitrogens with one attached hydrogen (secondary N) is 2. The minimum atomic E-state index is -0.284. The van der Waals surface area contributed by atoms with Gasteiger partial charge in [0.15, 0.2) is 0 Å². The third-order valence-electron chi connectivity index (χ3n) is 5.58. The van der Waals surface area contributed by atoms with E-state index >= 15 is 0 Å². The molecule has 2 N–H and O–H groups in total. The Morgan fingerprint density at radius 3 is 2.11 bits per heavy atom. The third-order valence-corrected chi connectivity index (χ3v) is 5.58. The van der Waals surface area contributed by atoms with Crippen molar-refractivity contribution in [1.82, 2.24) is 9.80 Å². The second kappa shape index (κ2) is 15.6. The molecule has 1 heterocycles. The lowest BCUT2D eigenvalue weighted by Crippen LogP contribution is -2.46. The van der Waals surface area contributed by atoms with Crippen LogP contribution in [0.4, 0.5) is 17.1 Å². The Balaban J connectivity index is 0.00000222. The molecule has 1 aliphatic rings. The first kappa shape index (κ1) is 28.9. The van der Waals surface area contributed by atoms with Crippen molar-refractivity contribution in [3.63, 3.8) is 0 Å². The molecule has 196 valence electrons.